The van der Waals surface area contributed by atoms with Gasteiger partial charge in [0.1, 0.15) is 10.7 Å². The number of nitrogens with zero attached hydrogens (tertiary/aromatic N) is 4. The Bertz CT molecular complexity index is 1240. The number of rotatable bonds is 4. The number of hydrogen-bond acceptors (Lipinski definition) is 5. The Morgan fingerprint density at radius 1 is 0.879 bits per heavy atom. The van der Waals surface area contributed by atoms with Crippen molar-refractivity contribution in [3.8, 4) is 11.3 Å². The van der Waals surface area contributed by atoms with E-state index in [0.29, 0.717) is 23.1 Å². The van der Waals surface area contributed by atoms with Gasteiger partial charge in [-0.25, -0.2) is 12.8 Å². The molecule has 1 aliphatic rings. The van der Waals surface area contributed by atoms with Crippen molar-refractivity contribution in [1.29, 1.82) is 0 Å². The Balaban J connectivity index is 1.47. The molecule has 1 fully saturated rings. The highest BCUT2D eigenvalue weighted by atomic mass is 35.5. The van der Waals surface area contributed by atoms with Gasteiger partial charge in [0.15, 0.2) is 5.82 Å². The van der Waals surface area contributed by atoms with Crippen molar-refractivity contribution in [2.45, 2.75) is 11.1 Å². The van der Waals surface area contributed by atoms with Crippen LogP contribution in [0.2, 0.25) is 5.02 Å². The second-order valence-corrected chi connectivity index (χ2v) is 9.63. The third-order valence-corrected chi connectivity index (χ3v) is 7.61. The van der Waals surface area contributed by atoms with Crippen LogP contribution in [0.15, 0.2) is 59.5 Å². The van der Waals surface area contributed by atoms with Gasteiger partial charge in [-0.05, 0) is 54.6 Å². The molecule has 1 aliphatic heterocycles. The predicted molar refractivity (Wildman–Crippen MR) is 115 cm³/mol. The van der Waals surface area contributed by atoms with Crippen molar-refractivity contribution in [1.82, 2.24) is 14.5 Å². The summed E-state index contributed by atoms with van der Waals surface area (Å²) >= 11 is 5.93. The molecular weight excluding hydrogens is 484 g/mol. The topological polar surface area (TPSA) is 66.4 Å². The van der Waals surface area contributed by atoms with Crippen molar-refractivity contribution < 1.29 is 26.0 Å². The van der Waals surface area contributed by atoms with Crippen LogP contribution in [0.3, 0.4) is 0 Å². The molecule has 0 bridgehead atoms. The molecule has 174 valence electrons. The quantitative estimate of drug-likeness (QED) is 0.495. The zero-order valence-electron chi connectivity index (χ0n) is 16.9. The molecule has 3 aromatic rings. The van der Waals surface area contributed by atoms with E-state index < -0.39 is 26.7 Å². The standard InChI is InChI=1S/C21H17ClF4N4O2S/c22-17-6-3-15(21(24,25)26)13-19(17)33(31,32)30-11-9-29(10-12-30)20-8-7-18(27-28-20)14-1-4-16(23)5-2-14/h1-8,13H,9-12H2. The fourth-order valence-electron chi connectivity index (χ4n) is 3.44. The van der Waals surface area contributed by atoms with Crippen molar-refractivity contribution in [3.63, 3.8) is 0 Å². The van der Waals surface area contributed by atoms with Crippen LogP contribution in [-0.2, 0) is 16.2 Å². The van der Waals surface area contributed by atoms with E-state index in [1.807, 2.05) is 4.90 Å². The lowest BCUT2D eigenvalue weighted by molar-refractivity contribution is -0.137. The van der Waals surface area contributed by atoms with Gasteiger partial charge in [0.2, 0.25) is 10.0 Å². The summed E-state index contributed by atoms with van der Waals surface area (Å²) in [7, 11) is -4.22. The highest BCUT2D eigenvalue weighted by molar-refractivity contribution is 7.89. The van der Waals surface area contributed by atoms with Gasteiger partial charge in [-0.15, -0.1) is 10.2 Å². The first-order valence-corrected chi connectivity index (χ1v) is 11.6. The van der Waals surface area contributed by atoms with Crippen LogP contribution >= 0.6 is 11.6 Å². The van der Waals surface area contributed by atoms with Gasteiger partial charge in [-0.2, -0.15) is 17.5 Å². The smallest absolute Gasteiger partial charge is 0.352 e. The number of sulfonamides is 1. The number of aromatic nitrogens is 2. The van der Waals surface area contributed by atoms with Gasteiger partial charge in [-0.3, -0.25) is 0 Å². The number of anilines is 1. The number of halogens is 5. The minimum absolute atomic E-state index is 0.0380. The molecule has 0 atom stereocenters. The second kappa shape index (κ2) is 8.88. The third kappa shape index (κ3) is 4.94. The maximum atomic E-state index is 13.1. The van der Waals surface area contributed by atoms with Crippen LogP contribution in [0.4, 0.5) is 23.4 Å². The lowest BCUT2D eigenvalue weighted by atomic mass is 10.1. The molecule has 0 N–H and O–H groups in total. The fraction of sp³-hybridized carbons (Fsp3) is 0.238. The Hall–Kier alpha value is -2.76. The monoisotopic (exact) mass is 500 g/mol. The average Bonchev–Trinajstić information content (AvgIpc) is 2.79. The van der Waals surface area contributed by atoms with E-state index in [4.69, 9.17) is 11.6 Å². The number of piperazine rings is 1. The van der Waals surface area contributed by atoms with Gasteiger partial charge < -0.3 is 4.90 Å². The molecule has 0 saturated carbocycles. The maximum absolute atomic E-state index is 13.1. The highest BCUT2D eigenvalue weighted by Crippen LogP contribution is 2.34. The normalized spacial score (nSPS) is 15.6. The number of hydrogen-bond donors (Lipinski definition) is 0. The van der Waals surface area contributed by atoms with Crippen LogP contribution in [0.5, 0.6) is 0 Å². The maximum Gasteiger partial charge on any atom is 0.416 e. The Kier molecular flexibility index (Phi) is 6.30. The molecule has 0 aliphatic carbocycles. The van der Waals surface area contributed by atoms with Crippen LogP contribution in [0.1, 0.15) is 5.56 Å². The van der Waals surface area contributed by atoms with Crippen molar-refractivity contribution in [3.05, 3.63) is 71.0 Å². The zero-order valence-corrected chi connectivity index (χ0v) is 18.5. The van der Waals surface area contributed by atoms with Gasteiger partial charge in [0.25, 0.3) is 0 Å². The summed E-state index contributed by atoms with van der Waals surface area (Å²) in [6.45, 7) is 0.605. The lowest BCUT2D eigenvalue weighted by Gasteiger charge is -2.34. The minimum Gasteiger partial charge on any atom is -0.352 e. The zero-order chi connectivity index (χ0) is 23.8. The van der Waals surface area contributed by atoms with E-state index in [1.54, 1.807) is 24.3 Å². The minimum atomic E-state index is -4.69. The molecule has 0 unspecified atom stereocenters. The molecule has 0 amide bonds. The summed E-state index contributed by atoms with van der Waals surface area (Å²) in [6.07, 6.45) is -4.69. The summed E-state index contributed by atoms with van der Waals surface area (Å²) in [5, 5.41) is 8.04. The van der Waals surface area contributed by atoms with Crippen LogP contribution < -0.4 is 4.90 Å². The Morgan fingerprint density at radius 2 is 1.55 bits per heavy atom. The first-order chi connectivity index (χ1) is 15.6. The molecule has 0 spiro atoms. The molecular formula is C21H17ClF4N4O2S. The summed E-state index contributed by atoms with van der Waals surface area (Å²) < 4.78 is 79.2. The van der Waals surface area contributed by atoms with E-state index in [0.717, 1.165) is 16.4 Å². The summed E-state index contributed by atoms with van der Waals surface area (Å²) in [5.41, 5.74) is 0.170. The largest absolute Gasteiger partial charge is 0.416 e. The van der Waals surface area contributed by atoms with E-state index in [1.165, 1.54) is 12.1 Å². The van der Waals surface area contributed by atoms with Crippen molar-refractivity contribution in [2.24, 2.45) is 0 Å². The molecule has 4 rings (SSSR count). The molecule has 2 aromatic carbocycles. The molecule has 12 heteroatoms. The first kappa shape index (κ1) is 23.4. The number of benzene rings is 2. The van der Waals surface area contributed by atoms with E-state index in [9.17, 15) is 26.0 Å². The second-order valence-electron chi connectivity index (χ2n) is 7.32. The molecule has 0 radical (unpaired) electrons. The molecule has 1 saturated heterocycles. The van der Waals surface area contributed by atoms with E-state index in [-0.39, 0.29) is 37.0 Å². The van der Waals surface area contributed by atoms with Gasteiger partial charge in [0, 0.05) is 31.7 Å². The van der Waals surface area contributed by atoms with Gasteiger partial charge in [0.05, 0.1) is 16.3 Å². The van der Waals surface area contributed by atoms with Crippen LogP contribution in [0.25, 0.3) is 11.3 Å². The summed E-state index contributed by atoms with van der Waals surface area (Å²) in [5.74, 6) is 0.164. The molecule has 1 aromatic heterocycles. The van der Waals surface area contributed by atoms with Crippen LogP contribution in [0, 0.1) is 5.82 Å². The highest BCUT2D eigenvalue weighted by Gasteiger charge is 2.35. The lowest BCUT2D eigenvalue weighted by Crippen LogP contribution is -2.49. The van der Waals surface area contributed by atoms with Gasteiger partial charge in [-0.1, -0.05) is 11.6 Å². The van der Waals surface area contributed by atoms with E-state index >= 15 is 0 Å². The van der Waals surface area contributed by atoms with Crippen molar-refractivity contribution >= 4 is 27.4 Å². The van der Waals surface area contributed by atoms with Crippen LogP contribution in [-0.4, -0.2) is 49.1 Å². The van der Waals surface area contributed by atoms with Gasteiger partial charge >= 0.3 is 6.18 Å². The molecule has 33 heavy (non-hydrogen) atoms. The Labute approximate surface area is 192 Å². The predicted octanol–water partition coefficient (Wildman–Crippen LogP) is 4.47. The Morgan fingerprint density at radius 3 is 2.12 bits per heavy atom. The SMILES string of the molecule is O=S(=O)(c1cc(C(F)(F)F)ccc1Cl)N1CCN(c2ccc(-c3ccc(F)cc3)nn2)CC1. The molecule has 6 nitrogen and oxygen atoms in total. The summed E-state index contributed by atoms with van der Waals surface area (Å²) in [4.78, 5) is 1.25. The number of alkyl halides is 3. The fourth-order valence-corrected chi connectivity index (χ4v) is 5.37. The molecule has 2 heterocycles. The third-order valence-electron chi connectivity index (χ3n) is 5.23. The first-order valence-electron chi connectivity index (χ1n) is 9.77. The average molecular weight is 501 g/mol. The van der Waals surface area contributed by atoms with E-state index in [2.05, 4.69) is 10.2 Å². The summed E-state index contributed by atoms with van der Waals surface area (Å²) in [6, 6.07) is 11.5. The van der Waals surface area contributed by atoms with Crippen molar-refractivity contribution in [2.75, 3.05) is 31.1 Å².